The maximum absolute atomic E-state index is 12.6. The topological polar surface area (TPSA) is 91.0 Å². The summed E-state index contributed by atoms with van der Waals surface area (Å²) in [6.45, 7) is 2.83. The number of nitrogens with zero attached hydrogens (tertiary/aromatic N) is 2. The second kappa shape index (κ2) is 10.2. The molecule has 0 aromatic heterocycles. The lowest BCUT2D eigenvalue weighted by Gasteiger charge is -2.29. The van der Waals surface area contributed by atoms with Gasteiger partial charge in [-0.1, -0.05) is 24.3 Å². The monoisotopic (exact) mass is 436 g/mol. The lowest BCUT2D eigenvalue weighted by atomic mass is 10.2. The number of benzene rings is 2. The molecule has 0 aliphatic carbocycles. The van der Waals surface area contributed by atoms with Gasteiger partial charge in [0.25, 0.3) is 0 Å². The molecule has 8 heteroatoms. The van der Waals surface area contributed by atoms with Gasteiger partial charge in [0.15, 0.2) is 0 Å². The van der Waals surface area contributed by atoms with Crippen LogP contribution in [-0.4, -0.2) is 49.0 Å². The van der Waals surface area contributed by atoms with E-state index in [1.165, 1.54) is 0 Å². The molecule has 2 aliphatic heterocycles. The van der Waals surface area contributed by atoms with E-state index in [0.29, 0.717) is 31.1 Å². The predicted molar refractivity (Wildman–Crippen MR) is 122 cm³/mol. The van der Waals surface area contributed by atoms with Crippen molar-refractivity contribution in [3.63, 3.8) is 0 Å². The summed E-state index contributed by atoms with van der Waals surface area (Å²) < 4.78 is 5.58. The van der Waals surface area contributed by atoms with E-state index in [9.17, 15) is 14.4 Å². The van der Waals surface area contributed by atoms with Crippen LogP contribution in [-0.2, 0) is 16.1 Å². The van der Waals surface area contributed by atoms with E-state index >= 15 is 0 Å². The maximum Gasteiger partial charge on any atom is 0.321 e. The second-order valence-electron chi connectivity index (χ2n) is 7.96. The fourth-order valence-electron chi connectivity index (χ4n) is 3.95. The number of ether oxygens (including phenoxy) is 1. The van der Waals surface area contributed by atoms with Gasteiger partial charge in [-0.15, -0.1) is 0 Å². The molecule has 8 nitrogen and oxygen atoms in total. The molecule has 4 rings (SSSR count). The van der Waals surface area contributed by atoms with Gasteiger partial charge < -0.3 is 25.2 Å². The molecule has 0 spiro atoms. The number of anilines is 2. The van der Waals surface area contributed by atoms with Crippen LogP contribution in [0.3, 0.4) is 0 Å². The van der Waals surface area contributed by atoms with Crippen LogP contribution >= 0.6 is 0 Å². The van der Waals surface area contributed by atoms with Gasteiger partial charge in [-0.25, -0.2) is 4.79 Å². The van der Waals surface area contributed by atoms with Crippen molar-refractivity contribution in [3.05, 3.63) is 54.1 Å². The first-order valence-corrected chi connectivity index (χ1v) is 11.0. The van der Waals surface area contributed by atoms with Crippen LogP contribution in [0.15, 0.2) is 48.5 Å². The first kappa shape index (κ1) is 21.7. The highest BCUT2D eigenvalue weighted by atomic mass is 16.5. The minimum atomic E-state index is -0.189. The summed E-state index contributed by atoms with van der Waals surface area (Å²) in [5.41, 5.74) is 2.33. The first-order valence-electron chi connectivity index (χ1n) is 11.0. The van der Waals surface area contributed by atoms with Gasteiger partial charge in [-0.2, -0.15) is 0 Å². The average molecular weight is 437 g/mol. The molecule has 168 valence electrons. The Morgan fingerprint density at radius 3 is 2.59 bits per heavy atom. The zero-order valence-electron chi connectivity index (χ0n) is 18.0. The first-order chi connectivity index (χ1) is 15.6. The molecule has 1 fully saturated rings. The molecule has 2 N–H and O–H groups in total. The highest BCUT2D eigenvalue weighted by molar-refractivity contribution is 5.97. The summed E-state index contributed by atoms with van der Waals surface area (Å²) in [5, 5.41) is 5.76. The number of likely N-dealkylation sites (tertiary alicyclic amines) is 1. The van der Waals surface area contributed by atoms with Crippen molar-refractivity contribution in [3.8, 4) is 5.75 Å². The molecule has 2 aromatic rings. The van der Waals surface area contributed by atoms with Crippen LogP contribution < -0.4 is 20.3 Å². The lowest BCUT2D eigenvalue weighted by Crippen LogP contribution is -2.38. The SMILES string of the molecule is O=C(CCC(=O)N1CCOc2ccccc21)NCc1cccc(NC(=O)N2CCCC2)c1. The molecule has 4 amide bonds. The molecule has 2 aromatic carbocycles. The van der Waals surface area contributed by atoms with Crippen molar-refractivity contribution in [2.45, 2.75) is 32.2 Å². The number of amides is 4. The molecular weight excluding hydrogens is 408 g/mol. The van der Waals surface area contributed by atoms with Crippen molar-refractivity contribution in [1.29, 1.82) is 0 Å². The van der Waals surface area contributed by atoms with Gasteiger partial charge in [0.1, 0.15) is 12.4 Å². The number of fused-ring (bicyclic) bond motifs is 1. The third-order valence-corrected chi connectivity index (χ3v) is 5.66. The van der Waals surface area contributed by atoms with Crippen molar-refractivity contribution in [1.82, 2.24) is 10.2 Å². The Hall–Kier alpha value is -3.55. The maximum atomic E-state index is 12.6. The van der Waals surface area contributed by atoms with Crippen molar-refractivity contribution < 1.29 is 19.1 Å². The van der Waals surface area contributed by atoms with Crippen LogP contribution in [0, 0.1) is 0 Å². The molecule has 1 saturated heterocycles. The molecular formula is C24H28N4O4. The second-order valence-corrected chi connectivity index (χ2v) is 7.96. The Labute approximate surface area is 187 Å². The zero-order chi connectivity index (χ0) is 22.3. The van der Waals surface area contributed by atoms with E-state index in [1.54, 1.807) is 9.80 Å². The summed E-state index contributed by atoms with van der Waals surface area (Å²) >= 11 is 0. The fourth-order valence-corrected chi connectivity index (χ4v) is 3.95. The van der Waals surface area contributed by atoms with Crippen LogP contribution in [0.4, 0.5) is 16.2 Å². The van der Waals surface area contributed by atoms with Crippen LogP contribution in [0.5, 0.6) is 5.75 Å². The van der Waals surface area contributed by atoms with E-state index in [-0.39, 0.29) is 30.7 Å². The highest BCUT2D eigenvalue weighted by Crippen LogP contribution is 2.31. The standard InChI is InChI=1S/C24H28N4O4/c29-22(10-11-23(30)28-14-15-32-21-9-2-1-8-20(21)28)25-17-18-6-5-7-19(16-18)26-24(31)27-12-3-4-13-27/h1-2,5-9,16H,3-4,10-15,17H2,(H,25,29)(H,26,31). The Kier molecular flexibility index (Phi) is 6.89. The summed E-state index contributed by atoms with van der Waals surface area (Å²) in [6.07, 6.45) is 2.33. The number of hydrogen-bond acceptors (Lipinski definition) is 4. The van der Waals surface area contributed by atoms with Crippen LogP contribution in [0.2, 0.25) is 0 Å². The van der Waals surface area contributed by atoms with Gasteiger partial charge in [0.05, 0.1) is 12.2 Å². The van der Waals surface area contributed by atoms with Gasteiger partial charge in [0, 0.05) is 38.2 Å². The number of carbonyl (C=O) groups is 3. The van der Waals surface area contributed by atoms with E-state index in [0.717, 1.165) is 37.2 Å². The molecule has 0 bridgehead atoms. The Balaban J connectivity index is 1.24. The third-order valence-electron chi connectivity index (χ3n) is 5.66. The normalized spacial score (nSPS) is 15.0. The van der Waals surface area contributed by atoms with E-state index < -0.39 is 0 Å². The predicted octanol–water partition coefficient (Wildman–Crippen LogP) is 3.14. The lowest BCUT2D eigenvalue weighted by molar-refractivity contribution is -0.125. The summed E-state index contributed by atoms with van der Waals surface area (Å²) in [5.74, 6) is 0.405. The molecule has 0 radical (unpaired) electrons. The number of carbonyl (C=O) groups excluding carboxylic acids is 3. The largest absolute Gasteiger partial charge is 0.490 e. The van der Waals surface area contributed by atoms with Gasteiger partial charge in [0.2, 0.25) is 11.8 Å². The molecule has 0 atom stereocenters. The molecule has 0 saturated carbocycles. The molecule has 0 unspecified atom stereocenters. The fraction of sp³-hybridized carbons (Fsp3) is 0.375. The quantitative estimate of drug-likeness (QED) is 0.728. The molecule has 32 heavy (non-hydrogen) atoms. The zero-order valence-corrected chi connectivity index (χ0v) is 18.0. The Morgan fingerprint density at radius 2 is 1.75 bits per heavy atom. The smallest absolute Gasteiger partial charge is 0.321 e. The van der Waals surface area contributed by atoms with Gasteiger partial charge >= 0.3 is 6.03 Å². The highest BCUT2D eigenvalue weighted by Gasteiger charge is 2.23. The molecule has 2 heterocycles. The Morgan fingerprint density at radius 1 is 0.938 bits per heavy atom. The minimum absolute atomic E-state index is 0.0908. The van der Waals surface area contributed by atoms with E-state index in [2.05, 4.69) is 10.6 Å². The number of hydrogen-bond donors (Lipinski definition) is 2. The minimum Gasteiger partial charge on any atom is -0.490 e. The molecule has 2 aliphatic rings. The number of nitrogens with one attached hydrogen (secondary N) is 2. The van der Waals surface area contributed by atoms with Crippen molar-refractivity contribution >= 4 is 29.2 Å². The number of urea groups is 1. The van der Waals surface area contributed by atoms with Crippen molar-refractivity contribution in [2.24, 2.45) is 0 Å². The van der Waals surface area contributed by atoms with Crippen LogP contribution in [0.25, 0.3) is 0 Å². The van der Waals surface area contributed by atoms with E-state index in [1.807, 2.05) is 48.5 Å². The average Bonchev–Trinajstić information content (AvgIpc) is 3.36. The number of rotatable bonds is 6. The van der Waals surface area contributed by atoms with E-state index in [4.69, 9.17) is 4.74 Å². The Bertz CT molecular complexity index is 987. The third kappa shape index (κ3) is 5.38. The van der Waals surface area contributed by atoms with Gasteiger partial charge in [-0.05, 0) is 42.7 Å². The number of para-hydroxylation sites is 2. The summed E-state index contributed by atoms with van der Waals surface area (Å²) in [7, 11) is 0. The van der Waals surface area contributed by atoms with Crippen molar-refractivity contribution in [2.75, 3.05) is 36.5 Å². The summed E-state index contributed by atoms with van der Waals surface area (Å²) in [6, 6.07) is 14.7. The summed E-state index contributed by atoms with van der Waals surface area (Å²) in [4.78, 5) is 40.7. The van der Waals surface area contributed by atoms with Gasteiger partial charge in [-0.3, -0.25) is 9.59 Å². The van der Waals surface area contributed by atoms with Crippen LogP contribution in [0.1, 0.15) is 31.2 Å².